The molecule has 1 aliphatic rings. The summed E-state index contributed by atoms with van der Waals surface area (Å²) < 4.78 is 25.8. The fraction of sp³-hybridized carbons (Fsp3) is 0.688. The summed E-state index contributed by atoms with van der Waals surface area (Å²) in [6.45, 7) is 5.63. The van der Waals surface area contributed by atoms with Crippen molar-refractivity contribution < 1.29 is 47.7 Å². The Morgan fingerprint density at radius 3 is 1.04 bits per heavy atom. The fourth-order valence-electron chi connectivity index (χ4n) is 2.76. The lowest BCUT2D eigenvalue weighted by atomic mass is 9.86. The monoisotopic (exact) mass is 374 g/mol. The lowest BCUT2D eigenvalue weighted by molar-refractivity contribution is -0.230. The van der Waals surface area contributed by atoms with E-state index in [0.29, 0.717) is 0 Å². The van der Waals surface area contributed by atoms with Crippen LogP contribution in [0.2, 0.25) is 0 Å². The summed E-state index contributed by atoms with van der Waals surface area (Å²) in [6.07, 6.45) is -6.07. The molecule has 0 bridgehead atoms. The molecule has 0 radical (unpaired) electrons. The van der Waals surface area contributed by atoms with E-state index in [4.69, 9.17) is 23.7 Å². The van der Waals surface area contributed by atoms with Crippen LogP contribution in [0.25, 0.3) is 0 Å². The molecule has 26 heavy (non-hydrogen) atoms. The lowest BCUT2D eigenvalue weighted by Gasteiger charge is -2.43. The first-order valence-corrected chi connectivity index (χ1v) is 7.87. The van der Waals surface area contributed by atoms with Crippen molar-refractivity contribution in [3.63, 3.8) is 0 Å². The Morgan fingerprint density at radius 1 is 0.500 bits per heavy atom. The molecule has 1 aliphatic carbocycles. The molecule has 0 aromatic heterocycles. The van der Waals surface area contributed by atoms with Gasteiger partial charge < -0.3 is 23.7 Å². The second-order valence-electron chi connectivity index (χ2n) is 5.75. The smallest absolute Gasteiger partial charge is 0.303 e. The van der Waals surface area contributed by atoms with Crippen molar-refractivity contribution >= 4 is 29.8 Å². The maximum Gasteiger partial charge on any atom is 0.303 e. The summed E-state index contributed by atoms with van der Waals surface area (Å²) >= 11 is 0. The molecule has 10 heteroatoms. The fourth-order valence-corrected chi connectivity index (χ4v) is 2.76. The third-order valence-corrected chi connectivity index (χ3v) is 3.39. The van der Waals surface area contributed by atoms with Crippen molar-refractivity contribution in [3.05, 3.63) is 0 Å². The summed E-state index contributed by atoms with van der Waals surface area (Å²) in [4.78, 5) is 57.2. The van der Waals surface area contributed by atoms with Crippen LogP contribution >= 0.6 is 0 Å². The number of hydrogen-bond donors (Lipinski definition) is 0. The van der Waals surface area contributed by atoms with Crippen LogP contribution in [-0.4, -0.2) is 60.4 Å². The molecule has 0 aromatic carbocycles. The molecule has 0 saturated heterocycles. The first-order valence-electron chi connectivity index (χ1n) is 7.87. The van der Waals surface area contributed by atoms with Gasteiger partial charge in [0.1, 0.15) is 12.2 Å². The molecule has 0 aliphatic heterocycles. The largest absolute Gasteiger partial charge is 0.458 e. The number of hydrogen-bond acceptors (Lipinski definition) is 10. The average Bonchev–Trinajstić information content (AvgIpc) is 2.44. The molecule has 0 N–H and O–H groups in total. The Hall–Kier alpha value is -2.65. The maximum atomic E-state index is 11.5. The Bertz CT molecular complexity index is 542. The van der Waals surface area contributed by atoms with Gasteiger partial charge >= 0.3 is 29.8 Å². The predicted octanol–water partition coefficient (Wildman–Crippen LogP) is 0.0486. The Kier molecular flexibility index (Phi) is 7.54. The van der Waals surface area contributed by atoms with E-state index < -0.39 is 60.4 Å². The predicted molar refractivity (Wildman–Crippen MR) is 82.4 cm³/mol. The molecule has 0 amide bonds. The standard InChI is InChI=1S/C16H22O10/c1-7(17)22-12-6-13(23-8(2)18)15(25-10(4)20)16(26-11(5)21)14(12)24-9(3)19/h12-16H,6H2,1-5H3/t12-,13+,14-,15+,16?. The Labute approximate surface area is 150 Å². The van der Waals surface area contributed by atoms with Crippen LogP contribution in [0.4, 0.5) is 0 Å². The van der Waals surface area contributed by atoms with Crippen LogP contribution in [-0.2, 0) is 47.7 Å². The van der Waals surface area contributed by atoms with Gasteiger partial charge in [-0.1, -0.05) is 0 Å². The third kappa shape index (κ3) is 6.34. The van der Waals surface area contributed by atoms with E-state index in [9.17, 15) is 24.0 Å². The van der Waals surface area contributed by atoms with Crippen LogP contribution in [0.15, 0.2) is 0 Å². The first kappa shape index (κ1) is 21.4. The normalized spacial score (nSPS) is 27.7. The van der Waals surface area contributed by atoms with Gasteiger partial charge in [0.25, 0.3) is 0 Å². The molecule has 1 fully saturated rings. The second kappa shape index (κ2) is 9.16. The highest BCUT2D eigenvalue weighted by Gasteiger charge is 2.53. The number of esters is 5. The molecule has 1 saturated carbocycles. The van der Waals surface area contributed by atoms with Crippen molar-refractivity contribution in [1.29, 1.82) is 0 Å². The van der Waals surface area contributed by atoms with Crippen molar-refractivity contribution in [3.8, 4) is 0 Å². The topological polar surface area (TPSA) is 132 Å². The second-order valence-corrected chi connectivity index (χ2v) is 5.75. The van der Waals surface area contributed by atoms with E-state index in [2.05, 4.69) is 0 Å². The lowest BCUT2D eigenvalue weighted by Crippen LogP contribution is -2.61. The van der Waals surface area contributed by atoms with Gasteiger partial charge in [-0.15, -0.1) is 0 Å². The molecular formula is C16H22O10. The minimum absolute atomic E-state index is 0.118. The van der Waals surface area contributed by atoms with Gasteiger partial charge in [-0.05, 0) is 0 Å². The highest BCUT2D eigenvalue weighted by atomic mass is 16.6. The van der Waals surface area contributed by atoms with E-state index in [1.165, 1.54) is 0 Å². The van der Waals surface area contributed by atoms with Crippen LogP contribution < -0.4 is 0 Å². The quantitative estimate of drug-likeness (QED) is 0.480. The average molecular weight is 374 g/mol. The molecule has 0 spiro atoms. The van der Waals surface area contributed by atoms with E-state index in [1.54, 1.807) is 0 Å². The highest BCUT2D eigenvalue weighted by molar-refractivity contribution is 5.70. The van der Waals surface area contributed by atoms with Gasteiger partial charge in [0.2, 0.25) is 0 Å². The van der Waals surface area contributed by atoms with Gasteiger partial charge in [-0.3, -0.25) is 24.0 Å². The molecule has 1 unspecified atom stereocenters. The number of carbonyl (C=O) groups excluding carboxylic acids is 5. The van der Waals surface area contributed by atoms with Crippen LogP contribution in [0.1, 0.15) is 41.0 Å². The molecular weight excluding hydrogens is 352 g/mol. The van der Waals surface area contributed by atoms with Crippen molar-refractivity contribution in [2.45, 2.75) is 71.6 Å². The summed E-state index contributed by atoms with van der Waals surface area (Å²) in [5.74, 6) is -3.56. The summed E-state index contributed by atoms with van der Waals surface area (Å²) in [7, 11) is 0. The van der Waals surface area contributed by atoms with E-state index >= 15 is 0 Å². The summed E-state index contributed by atoms with van der Waals surface area (Å²) in [5, 5.41) is 0. The SMILES string of the molecule is CC(=O)OC1[C@@H](OC(C)=O)[C@@H](OC(C)=O)C[C@@H](OC(C)=O)[C@H]1OC(C)=O. The van der Waals surface area contributed by atoms with Gasteiger partial charge in [-0.25, -0.2) is 0 Å². The summed E-state index contributed by atoms with van der Waals surface area (Å²) in [5.41, 5.74) is 0. The molecule has 0 heterocycles. The molecule has 5 atom stereocenters. The zero-order valence-electron chi connectivity index (χ0n) is 15.2. The van der Waals surface area contributed by atoms with Crippen molar-refractivity contribution in [2.75, 3.05) is 0 Å². The Balaban J connectivity index is 3.32. The van der Waals surface area contributed by atoms with Crippen LogP contribution in [0.5, 0.6) is 0 Å². The first-order chi connectivity index (χ1) is 12.0. The number of ether oxygens (including phenoxy) is 5. The molecule has 10 nitrogen and oxygen atoms in total. The minimum atomic E-state index is -1.33. The maximum absolute atomic E-state index is 11.5. The van der Waals surface area contributed by atoms with E-state index in [1.807, 2.05) is 0 Å². The summed E-state index contributed by atoms with van der Waals surface area (Å²) in [6, 6.07) is 0. The molecule has 1 rings (SSSR count). The highest BCUT2D eigenvalue weighted by Crippen LogP contribution is 2.32. The Morgan fingerprint density at radius 2 is 0.769 bits per heavy atom. The third-order valence-electron chi connectivity index (χ3n) is 3.39. The van der Waals surface area contributed by atoms with Crippen molar-refractivity contribution in [1.82, 2.24) is 0 Å². The van der Waals surface area contributed by atoms with Gasteiger partial charge in [-0.2, -0.15) is 0 Å². The van der Waals surface area contributed by atoms with Gasteiger partial charge in [0, 0.05) is 41.0 Å². The minimum Gasteiger partial charge on any atom is -0.458 e. The number of carbonyl (C=O) groups is 5. The zero-order chi connectivity index (χ0) is 20.0. The van der Waals surface area contributed by atoms with E-state index in [-0.39, 0.29) is 6.42 Å². The van der Waals surface area contributed by atoms with Crippen molar-refractivity contribution in [2.24, 2.45) is 0 Å². The molecule has 146 valence electrons. The zero-order valence-corrected chi connectivity index (χ0v) is 15.2. The van der Waals surface area contributed by atoms with Gasteiger partial charge in [0.15, 0.2) is 18.3 Å². The van der Waals surface area contributed by atoms with Gasteiger partial charge in [0.05, 0.1) is 0 Å². The van der Waals surface area contributed by atoms with Crippen LogP contribution in [0, 0.1) is 0 Å². The number of rotatable bonds is 5. The van der Waals surface area contributed by atoms with E-state index in [0.717, 1.165) is 34.6 Å². The van der Waals surface area contributed by atoms with Crippen LogP contribution in [0.3, 0.4) is 0 Å². The molecule has 0 aromatic rings.